The molecule has 2 heteroatoms. The third kappa shape index (κ3) is 1.59. The molecule has 2 nitrogen and oxygen atoms in total. The molecule has 0 amide bonds. The van der Waals surface area contributed by atoms with E-state index in [0.29, 0.717) is 28.6 Å². The van der Waals surface area contributed by atoms with Crippen molar-refractivity contribution in [3.63, 3.8) is 0 Å². The summed E-state index contributed by atoms with van der Waals surface area (Å²) < 4.78 is 0. The van der Waals surface area contributed by atoms with E-state index in [4.69, 9.17) is 0 Å². The molecule has 0 aromatic heterocycles. The number of allylic oxidation sites excluding steroid dienone is 2. The zero-order valence-electron chi connectivity index (χ0n) is 14.3. The second-order valence-corrected chi connectivity index (χ2v) is 9.42. The van der Waals surface area contributed by atoms with Crippen molar-refractivity contribution in [2.75, 3.05) is 0 Å². The zero-order valence-corrected chi connectivity index (χ0v) is 14.3. The van der Waals surface area contributed by atoms with E-state index in [1.165, 1.54) is 51.4 Å². The van der Waals surface area contributed by atoms with Crippen LogP contribution in [0.2, 0.25) is 0 Å². The van der Waals surface area contributed by atoms with Gasteiger partial charge in [-0.1, -0.05) is 38.3 Å². The Morgan fingerprint density at radius 1 is 1.13 bits per heavy atom. The molecule has 23 heavy (non-hydrogen) atoms. The van der Waals surface area contributed by atoms with Crippen molar-refractivity contribution < 1.29 is 9.90 Å². The monoisotopic (exact) mass is 314 g/mol. The van der Waals surface area contributed by atoms with Crippen molar-refractivity contribution in [1.29, 1.82) is 0 Å². The van der Waals surface area contributed by atoms with Gasteiger partial charge in [0.15, 0.2) is 0 Å². The van der Waals surface area contributed by atoms with Gasteiger partial charge in [0.05, 0.1) is 5.92 Å². The second-order valence-electron chi connectivity index (χ2n) is 9.42. The molecule has 4 fully saturated rings. The number of rotatable bonds is 3. The summed E-state index contributed by atoms with van der Waals surface area (Å²) in [5.74, 6) is 2.93. The molecule has 0 aromatic carbocycles. The van der Waals surface area contributed by atoms with Crippen LogP contribution >= 0.6 is 0 Å². The maximum absolute atomic E-state index is 12.0. The summed E-state index contributed by atoms with van der Waals surface area (Å²) in [7, 11) is 0. The Balaban J connectivity index is 1.62. The molecule has 5 aliphatic rings. The van der Waals surface area contributed by atoms with Crippen LogP contribution in [0.5, 0.6) is 0 Å². The van der Waals surface area contributed by atoms with Gasteiger partial charge in [-0.15, -0.1) is 0 Å². The summed E-state index contributed by atoms with van der Waals surface area (Å²) >= 11 is 0. The predicted molar refractivity (Wildman–Crippen MR) is 89.8 cm³/mol. The van der Waals surface area contributed by atoms with E-state index >= 15 is 0 Å². The SMILES string of the molecule is CCC1(C23CC(C(=O)O)C(C2)C2C4C=CC(C4)C23)CCCCC1. The highest BCUT2D eigenvalue weighted by atomic mass is 16.4. The van der Waals surface area contributed by atoms with Crippen LogP contribution in [-0.2, 0) is 4.79 Å². The van der Waals surface area contributed by atoms with Crippen molar-refractivity contribution in [1.82, 2.24) is 0 Å². The third-order valence-electron chi connectivity index (χ3n) is 9.21. The number of carbonyl (C=O) groups is 1. The van der Waals surface area contributed by atoms with Gasteiger partial charge >= 0.3 is 5.97 Å². The first kappa shape index (κ1) is 14.5. The average Bonchev–Trinajstić information content (AvgIpc) is 3.32. The smallest absolute Gasteiger partial charge is 0.306 e. The summed E-state index contributed by atoms with van der Waals surface area (Å²) in [6, 6.07) is 0. The van der Waals surface area contributed by atoms with Gasteiger partial charge in [-0.2, -0.15) is 0 Å². The molecule has 4 saturated carbocycles. The third-order valence-corrected chi connectivity index (χ3v) is 9.21. The van der Waals surface area contributed by atoms with Crippen LogP contribution in [-0.4, -0.2) is 11.1 Å². The molecule has 0 aliphatic heterocycles. The molecule has 7 unspecified atom stereocenters. The van der Waals surface area contributed by atoms with Crippen molar-refractivity contribution in [2.45, 2.75) is 64.7 Å². The van der Waals surface area contributed by atoms with Crippen molar-refractivity contribution in [3.8, 4) is 0 Å². The molecule has 5 rings (SSSR count). The fourth-order valence-electron chi connectivity index (χ4n) is 8.58. The highest BCUT2D eigenvalue weighted by Crippen LogP contribution is 2.78. The molecular formula is C21H30O2. The van der Waals surface area contributed by atoms with Crippen LogP contribution in [0.1, 0.15) is 64.7 Å². The summed E-state index contributed by atoms with van der Waals surface area (Å²) in [5.41, 5.74) is 0.802. The first-order valence-electron chi connectivity index (χ1n) is 10.0. The van der Waals surface area contributed by atoms with Gasteiger partial charge in [-0.3, -0.25) is 4.79 Å². The van der Waals surface area contributed by atoms with Crippen LogP contribution in [0.3, 0.4) is 0 Å². The molecule has 1 N–H and O–H groups in total. The van der Waals surface area contributed by atoms with Crippen LogP contribution in [0, 0.1) is 46.3 Å². The molecule has 4 bridgehead atoms. The normalized spacial score (nSPS) is 52.0. The Labute approximate surface area is 139 Å². The Kier molecular flexibility index (Phi) is 2.93. The molecule has 126 valence electrons. The van der Waals surface area contributed by atoms with Crippen molar-refractivity contribution in [2.24, 2.45) is 46.3 Å². The lowest BCUT2D eigenvalue weighted by Gasteiger charge is -2.56. The van der Waals surface area contributed by atoms with Gasteiger partial charge in [0, 0.05) is 0 Å². The van der Waals surface area contributed by atoms with Crippen LogP contribution in [0.25, 0.3) is 0 Å². The van der Waals surface area contributed by atoms with Crippen LogP contribution < -0.4 is 0 Å². The maximum Gasteiger partial charge on any atom is 0.306 e. The summed E-state index contributed by atoms with van der Waals surface area (Å²) in [4.78, 5) is 12.0. The van der Waals surface area contributed by atoms with E-state index in [-0.39, 0.29) is 5.92 Å². The Hall–Kier alpha value is -0.790. The minimum atomic E-state index is -0.496. The average molecular weight is 314 g/mol. The lowest BCUT2D eigenvalue weighted by Crippen LogP contribution is -2.49. The van der Waals surface area contributed by atoms with E-state index in [9.17, 15) is 9.90 Å². The Bertz CT molecular complexity index is 558. The quantitative estimate of drug-likeness (QED) is 0.594. The fraction of sp³-hybridized carbons (Fsp3) is 0.857. The molecule has 0 spiro atoms. The molecule has 0 aromatic rings. The summed E-state index contributed by atoms with van der Waals surface area (Å²) in [6.45, 7) is 2.40. The number of carboxylic acids is 1. The van der Waals surface area contributed by atoms with Gasteiger partial charge in [0.1, 0.15) is 0 Å². The van der Waals surface area contributed by atoms with Crippen molar-refractivity contribution >= 4 is 5.97 Å². The van der Waals surface area contributed by atoms with Gasteiger partial charge in [0.25, 0.3) is 0 Å². The molecule has 0 heterocycles. The number of fused-ring (bicyclic) bond motifs is 9. The number of carboxylic acid groups (broad SMARTS) is 1. The Morgan fingerprint density at radius 3 is 2.57 bits per heavy atom. The highest BCUT2D eigenvalue weighted by Gasteiger charge is 2.73. The predicted octanol–water partition coefficient (Wildman–Crippen LogP) is 4.90. The summed E-state index contributed by atoms with van der Waals surface area (Å²) in [6.07, 6.45) is 16.7. The zero-order chi connectivity index (χ0) is 15.8. The largest absolute Gasteiger partial charge is 0.481 e. The van der Waals surface area contributed by atoms with Crippen LogP contribution in [0.15, 0.2) is 12.2 Å². The fourth-order valence-corrected chi connectivity index (χ4v) is 8.58. The molecule has 0 saturated heterocycles. The molecule has 0 radical (unpaired) electrons. The van der Waals surface area contributed by atoms with Crippen molar-refractivity contribution in [3.05, 3.63) is 12.2 Å². The van der Waals surface area contributed by atoms with Crippen LogP contribution in [0.4, 0.5) is 0 Å². The number of hydrogen-bond acceptors (Lipinski definition) is 1. The van der Waals surface area contributed by atoms with E-state index < -0.39 is 5.97 Å². The van der Waals surface area contributed by atoms with E-state index in [1.54, 1.807) is 0 Å². The van der Waals surface area contributed by atoms with E-state index in [0.717, 1.165) is 18.3 Å². The second kappa shape index (κ2) is 4.64. The van der Waals surface area contributed by atoms with Gasteiger partial charge in [-0.05, 0) is 78.9 Å². The van der Waals surface area contributed by atoms with Gasteiger partial charge < -0.3 is 5.11 Å². The first-order valence-corrected chi connectivity index (χ1v) is 10.0. The lowest BCUT2D eigenvalue weighted by molar-refractivity contribution is -0.148. The van der Waals surface area contributed by atoms with Gasteiger partial charge in [0.2, 0.25) is 0 Å². The van der Waals surface area contributed by atoms with E-state index in [1.807, 2.05) is 0 Å². The number of aliphatic carboxylic acids is 1. The Morgan fingerprint density at radius 2 is 1.87 bits per heavy atom. The van der Waals surface area contributed by atoms with Gasteiger partial charge in [-0.25, -0.2) is 0 Å². The minimum absolute atomic E-state index is 0.0469. The standard InChI is InChI=1S/C21H30O2/c1-2-20(8-4-3-5-9-20)21-11-15(16(12-21)19(22)23)17-13-6-7-14(10-13)18(17)21/h6-7,13-18H,2-5,8-12H2,1H3,(H,22,23). The maximum atomic E-state index is 12.0. The van der Waals surface area contributed by atoms with E-state index in [2.05, 4.69) is 19.1 Å². The molecular weight excluding hydrogens is 284 g/mol. The highest BCUT2D eigenvalue weighted by molar-refractivity contribution is 5.71. The molecule has 7 atom stereocenters. The first-order chi connectivity index (χ1) is 11.1. The lowest BCUT2D eigenvalue weighted by atomic mass is 9.48. The number of hydrogen-bond donors (Lipinski definition) is 1. The molecule has 5 aliphatic carbocycles. The minimum Gasteiger partial charge on any atom is -0.481 e. The topological polar surface area (TPSA) is 37.3 Å². The summed E-state index contributed by atoms with van der Waals surface area (Å²) in [5, 5.41) is 9.88.